The molecule has 21 nitrogen and oxygen atoms in total. The third kappa shape index (κ3) is 27.9. The summed E-state index contributed by atoms with van der Waals surface area (Å²) in [5.74, 6) is 0. The summed E-state index contributed by atoms with van der Waals surface area (Å²) >= 11 is 0. The molecule has 4 saturated heterocycles. The number of ether oxygens (including phenoxy) is 20. The largest absolute Gasteiger partial charge is 0.385 e. The average molecular weight is 1790 g/mol. The van der Waals surface area contributed by atoms with Crippen molar-refractivity contribution in [3.63, 3.8) is 0 Å². The minimum atomic E-state index is -1.54. The number of hydrogen-bond donors (Lipinski definition) is 1. The summed E-state index contributed by atoms with van der Waals surface area (Å²) < 4.78 is 147. The lowest BCUT2D eigenvalue weighted by atomic mass is 9.94. The fourth-order valence-electron chi connectivity index (χ4n) is 16.7. The SMILES string of the molecule is C=CCOC1OC(COC2OC(COCc3ccccc3)C(OCc3ccccc3)C(OCc3ccccc3)C2O)C(OC2OC(COCc3ccccc3)C(OCc3ccccc3)C(OCc3ccccc3)C2OCc2ccccc2)C(OC2OC(COCc3ccccc3)C(OCc3ccccc3)C(OCc3ccccc3)C2OCc2ccccc2)C1OCc1ccccc1. The second-order valence-corrected chi connectivity index (χ2v) is 33.2. The number of aliphatic hydroxyl groups excluding tert-OH is 1. The van der Waals surface area contributed by atoms with E-state index in [2.05, 4.69) is 6.58 Å². The average Bonchev–Trinajstić information content (AvgIpc) is 0.755. The Morgan fingerprint density at radius 1 is 0.197 bits per heavy atom. The van der Waals surface area contributed by atoms with Crippen molar-refractivity contribution in [2.24, 2.45) is 0 Å². The molecule has 0 saturated carbocycles. The molecule has 0 radical (unpaired) electrons. The van der Waals surface area contributed by atoms with Crippen LogP contribution in [0.5, 0.6) is 0 Å². The molecule has 21 heteroatoms. The van der Waals surface area contributed by atoms with Gasteiger partial charge in [0.25, 0.3) is 0 Å². The van der Waals surface area contributed by atoms with E-state index < -0.39 is 129 Å². The lowest BCUT2D eigenvalue weighted by Crippen LogP contribution is -2.69. The van der Waals surface area contributed by atoms with Gasteiger partial charge in [-0.05, 0) is 66.8 Å². The molecule has 12 aromatic carbocycles. The van der Waals surface area contributed by atoms with Crippen molar-refractivity contribution in [3.8, 4) is 0 Å². The van der Waals surface area contributed by atoms with E-state index in [1.54, 1.807) is 6.08 Å². The molecule has 16 rings (SSSR count). The molecule has 12 aromatic rings. The van der Waals surface area contributed by atoms with Crippen LogP contribution in [0.1, 0.15) is 66.8 Å². The number of benzene rings is 12. The van der Waals surface area contributed by atoms with E-state index in [1.165, 1.54) is 0 Å². The second-order valence-electron chi connectivity index (χ2n) is 33.2. The molecule has 688 valence electrons. The topological polar surface area (TPSA) is 205 Å². The van der Waals surface area contributed by atoms with E-state index >= 15 is 0 Å². The second kappa shape index (κ2) is 51.1. The van der Waals surface area contributed by atoms with E-state index in [9.17, 15) is 5.11 Å². The van der Waals surface area contributed by atoms with Crippen LogP contribution in [0.15, 0.2) is 377 Å². The third-order valence-corrected chi connectivity index (χ3v) is 23.5. The Morgan fingerprint density at radius 3 is 0.674 bits per heavy atom. The Hall–Kier alpha value is -10.5. The first-order valence-corrected chi connectivity index (χ1v) is 45.5. The number of hydrogen-bond acceptors (Lipinski definition) is 21. The molecular weight excluding hydrogens is 1670 g/mol. The molecular formula is C111H118O21. The fraction of sp³-hybridized carbons (Fsp3) is 0.333. The standard InChI is InChI=1S/C111H118O21/c1-2-63-116-109-107(125-75-91-61-37-14-38-62-91)104(132-111-106(124-74-90-59-35-13-36-60-90)103(122-72-88-55-31-11-32-56-88)99(119-69-85-49-25-8-26-50-85)94(130-111)78-115-66-82-43-19-5-20-44-82)100(95(128-109)79-126-108-96(112)101(120-70-86-51-27-9-28-52-86)97(117-67-83-45-21-6-22-46-83)92(127-108)76-113-64-80-39-15-3-16-40-80)131-110-105(123-73-89-57-33-12-34-58-89)102(121-71-87-53-29-10-30-54-87)98(118-68-84-47-23-7-24-48-84)93(129-110)77-114-65-81-41-17-4-18-42-81/h2-62,92-112H,1,63-79H2. The molecule has 4 heterocycles. The van der Waals surface area contributed by atoms with Gasteiger partial charge in [-0.15, -0.1) is 6.58 Å². The van der Waals surface area contributed by atoms with Gasteiger partial charge in [0.15, 0.2) is 25.2 Å². The van der Waals surface area contributed by atoms with Gasteiger partial charge in [0.1, 0.15) is 97.7 Å². The Kier molecular flexibility index (Phi) is 36.7. The third-order valence-electron chi connectivity index (χ3n) is 23.5. The minimum absolute atomic E-state index is 0.00267. The summed E-state index contributed by atoms with van der Waals surface area (Å²) in [5, 5.41) is 13.5. The summed E-state index contributed by atoms with van der Waals surface area (Å²) in [6, 6.07) is 119. The van der Waals surface area contributed by atoms with Gasteiger partial charge in [-0.25, -0.2) is 0 Å². The normalized spacial score (nSPS) is 25.5. The monoisotopic (exact) mass is 1790 g/mol. The summed E-state index contributed by atoms with van der Waals surface area (Å²) in [4.78, 5) is 0. The van der Waals surface area contributed by atoms with Gasteiger partial charge in [0.05, 0.1) is 112 Å². The quantitative estimate of drug-likeness (QED) is 0.0352. The lowest BCUT2D eigenvalue weighted by molar-refractivity contribution is -0.402. The van der Waals surface area contributed by atoms with Gasteiger partial charge < -0.3 is 99.8 Å². The predicted octanol–water partition coefficient (Wildman–Crippen LogP) is 18.2. The highest BCUT2D eigenvalue weighted by molar-refractivity contribution is 5.24. The molecule has 4 aliphatic heterocycles. The van der Waals surface area contributed by atoms with E-state index in [0.717, 1.165) is 66.8 Å². The first kappa shape index (κ1) is 94.7. The zero-order valence-corrected chi connectivity index (χ0v) is 74.1. The van der Waals surface area contributed by atoms with Gasteiger partial charge >= 0.3 is 0 Å². The Balaban J connectivity index is 0.858. The maximum Gasteiger partial charge on any atom is 0.187 e. The van der Waals surface area contributed by atoms with Crippen molar-refractivity contribution in [1.82, 2.24) is 0 Å². The van der Waals surface area contributed by atoms with Crippen LogP contribution >= 0.6 is 0 Å². The van der Waals surface area contributed by atoms with Crippen LogP contribution in [-0.2, 0) is 174 Å². The van der Waals surface area contributed by atoms with Crippen LogP contribution < -0.4 is 0 Å². The lowest BCUT2D eigenvalue weighted by Gasteiger charge is -2.52. The molecule has 0 spiro atoms. The highest BCUT2D eigenvalue weighted by Gasteiger charge is 2.59. The molecule has 0 amide bonds. The predicted molar refractivity (Wildman–Crippen MR) is 496 cm³/mol. The smallest absolute Gasteiger partial charge is 0.187 e. The Labute approximate surface area is 774 Å². The summed E-state index contributed by atoms with van der Waals surface area (Å²) in [6.45, 7) is 5.17. The van der Waals surface area contributed by atoms with Crippen molar-refractivity contribution < 1.29 is 99.8 Å². The zero-order chi connectivity index (χ0) is 89.8. The Bertz CT molecular complexity index is 5160. The van der Waals surface area contributed by atoms with Gasteiger partial charge in [0, 0.05) is 0 Å². The Morgan fingerprint density at radius 2 is 0.402 bits per heavy atom. The molecule has 4 fully saturated rings. The van der Waals surface area contributed by atoms with Gasteiger partial charge in [-0.3, -0.25) is 0 Å². The van der Waals surface area contributed by atoms with Crippen molar-refractivity contribution in [1.29, 1.82) is 0 Å². The highest BCUT2D eigenvalue weighted by Crippen LogP contribution is 2.42. The summed E-state index contributed by atoms with van der Waals surface area (Å²) in [5.41, 5.74) is 10.7. The van der Waals surface area contributed by atoms with Crippen LogP contribution in [-0.4, -0.2) is 161 Å². The van der Waals surface area contributed by atoms with E-state index in [-0.39, 0.29) is 106 Å². The first-order chi connectivity index (χ1) is 65.3. The van der Waals surface area contributed by atoms with Gasteiger partial charge in [0.2, 0.25) is 0 Å². The van der Waals surface area contributed by atoms with Gasteiger partial charge in [-0.2, -0.15) is 0 Å². The van der Waals surface area contributed by atoms with Crippen LogP contribution in [0.25, 0.3) is 0 Å². The van der Waals surface area contributed by atoms with E-state index in [1.807, 2.05) is 364 Å². The molecule has 0 aliphatic carbocycles. The van der Waals surface area contributed by atoms with Crippen molar-refractivity contribution in [2.45, 2.75) is 202 Å². The maximum atomic E-state index is 13.5. The van der Waals surface area contributed by atoms with Crippen molar-refractivity contribution in [2.75, 3.05) is 33.0 Å². The first-order valence-electron chi connectivity index (χ1n) is 45.5. The zero-order valence-electron chi connectivity index (χ0n) is 74.1. The van der Waals surface area contributed by atoms with Crippen molar-refractivity contribution >= 4 is 0 Å². The van der Waals surface area contributed by atoms with Crippen LogP contribution in [0.2, 0.25) is 0 Å². The molecule has 20 atom stereocenters. The van der Waals surface area contributed by atoms with Gasteiger partial charge in [-0.1, -0.05) is 370 Å². The van der Waals surface area contributed by atoms with Crippen LogP contribution in [0.3, 0.4) is 0 Å². The van der Waals surface area contributed by atoms with E-state index in [0.29, 0.717) is 0 Å². The maximum absolute atomic E-state index is 13.5. The summed E-state index contributed by atoms with van der Waals surface area (Å²) in [7, 11) is 0. The molecule has 132 heavy (non-hydrogen) atoms. The fourth-order valence-corrected chi connectivity index (χ4v) is 16.7. The number of rotatable bonds is 49. The van der Waals surface area contributed by atoms with Crippen LogP contribution in [0, 0.1) is 0 Å². The number of aliphatic hydroxyl groups is 1. The molecule has 20 unspecified atom stereocenters. The van der Waals surface area contributed by atoms with Crippen molar-refractivity contribution in [3.05, 3.63) is 443 Å². The molecule has 4 aliphatic rings. The highest BCUT2D eigenvalue weighted by atomic mass is 16.8. The summed E-state index contributed by atoms with van der Waals surface area (Å²) in [6.07, 6.45) is -22.2. The minimum Gasteiger partial charge on any atom is -0.385 e. The molecule has 1 N–H and O–H groups in total. The van der Waals surface area contributed by atoms with Crippen LogP contribution in [0.4, 0.5) is 0 Å². The van der Waals surface area contributed by atoms with E-state index in [4.69, 9.17) is 94.7 Å². The molecule has 0 bridgehead atoms. The molecule has 0 aromatic heterocycles.